The highest BCUT2D eigenvalue weighted by Crippen LogP contribution is 2.37. The zero-order valence-corrected chi connectivity index (χ0v) is 23.0. The average molecular weight is 595 g/mol. The van der Waals surface area contributed by atoms with Crippen molar-refractivity contribution in [3.05, 3.63) is 95.6 Å². The molecule has 3 aromatic carbocycles. The van der Waals surface area contributed by atoms with Gasteiger partial charge >= 0.3 is 5.97 Å². The molecule has 39 heavy (non-hydrogen) atoms. The largest absolute Gasteiger partial charge is 1.00 e. The molecule has 0 saturated carbocycles. The Morgan fingerprint density at radius 2 is 1.62 bits per heavy atom. The molecule has 6 rings (SSSR count). The quantitative estimate of drug-likeness (QED) is 0.191. The van der Waals surface area contributed by atoms with Crippen LogP contribution in [-0.4, -0.2) is 59.5 Å². The van der Waals surface area contributed by atoms with Gasteiger partial charge in [0, 0.05) is 30.0 Å². The van der Waals surface area contributed by atoms with Crippen molar-refractivity contribution in [2.45, 2.75) is 25.0 Å². The molecular formula is C30H32BrN3O5. The number of hydrogen-bond acceptors (Lipinski definition) is 6. The maximum Gasteiger partial charge on any atom is 0.333 e. The van der Waals surface area contributed by atoms with Gasteiger partial charge in [-0.05, 0) is 35.9 Å². The molecule has 4 N–H and O–H groups in total. The first-order valence-corrected chi connectivity index (χ1v) is 12.9. The summed E-state index contributed by atoms with van der Waals surface area (Å²) in [5.41, 5.74) is 7.24. The molecule has 0 radical (unpaired) electrons. The molecule has 8 nitrogen and oxygen atoms in total. The number of nitrogens with zero attached hydrogens (tertiary/aromatic N) is 1. The van der Waals surface area contributed by atoms with Crippen LogP contribution in [0.2, 0.25) is 0 Å². The molecule has 0 spiro atoms. The molecule has 0 aromatic heterocycles. The molecule has 0 aliphatic carbocycles. The summed E-state index contributed by atoms with van der Waals surface area (Å²) in [4.78, 5) is 38.4. The van der Waals surface area contributed by atoms with Gasteiger partial charge in [0.15, 0.2) is 12.1 Å². The zero-order valence-electron chi connectivity index (χ0n) is 21.5. The lowest BCUT2D eigenvalue weighted by atomic mass is 9.82. The van der Waals surface area contributed by atoms with Crippen molar-refractivity contribution in [1.29, 1.82) is 0 Å². The Bertz CT molecular complexity index is 1330. The van der Waals surface area contributed by atoms with E-state index in [2.05, 4.69) is 5.32 Å². The highest BCUT2D eigenvalue weighted by Gasteiger charge is 2.49. The number of phenols is 1. The number of quaternary nitrogens is 1. The lowest BCUT2D eigenvalue weighted by Crippen LogP contribution is -3.00. The normalized spacial score (nSPS) is 22.3. The van der Waals surface area contributed by atoms with Crippen LogP contribution in [0, 0.1) is 5.92 Å². The third kappa shape index (κ3) is 6.32. The third-order valence-corrected chi connectivity index (χ3v) is 7.83. The summed E-state index contributed by atoms with van der Waals surface area (Å²) in [7, 11) is 0. The summed E-state index contributed by atoms with van der Waals surface area (Å²) in [6, 6.07) is 22.6. The number of anilines is 1. The topological polar surface area (TPSA) is 119 Å². The van der Waals surface area contributed by atoms with E-state index in [9.17, 15) is 19.5 Å². The predicted octanol–water partition coefficient (Wildman–Crippen LogP) is 0.683. The Labute approximate surface area is 238 Å². The number of carbonyl (C=O) groups excluding carboxylic acids is 3. The number of ketones is 1. The molecule has 3 heterocycles. The van der Waals surface area contributed by atoms with Crippen LogP contribution in [0.5, 0.6) is 5.75 Å². The van der Waals surface area contributed by atoms with Gasteiger partial charge in [-0.15, -0.1) is 0 Å². The van der Waals surface area contributed by atoms with E-state index in [4.69, 9.17) is 10.5 Å². The number of nitrogens with one attached hydrogen (secondary N) is 1. The number of carbonyl (C=O) groups is 3. The van der Waals surface area contributed by atoms with Crippen molar-refractivity contribution in [1.82, 2.24) is 0 Å². The number of fused-ring (bicyclic) bond motifs is 3. The van der Waals surface area contributed by atoms with Gasteiger partial charge in [-0.2, -0.15) is 0 Å². The van der Waals surface area contributed by atoms with E-state index in [1.165, 1.54) is 18.2 Å². The monoisotopic (exact) mass is 593 g/mol. The fourth-order valence-electron chi connectivity index (χ4n) is 5.72. The Balaban J connectivity index is 0.00000353. The van der Waals surface area contributed by atoms with E-state index in [0.29, 0.717) is 16.6 Å². The molecule has 2 atom stereocenters. The van der Waals surface area contributed by atoms with Crippen molar-refractivity contribution in [2.75, 3.05) is 31.5 Å². The van der Waals surface area contributed by atoms with E-state index in [1.54, 1.807) is 0 Å². The summed E-state index contributed by atoms with van der Waals surface area (Å²) in [6.07, 6.45) is 1.45. The Kier molecular flexibility index (Phi) is 8.72. The van der Waals surface area contributed by atoms with Gasteiger partial charge in [0.1, 0.15) is 18.8 Å². The first kappa shape index (κ1) is 28.3. The molecule has 204 valence electrons. The molecule has 3 aliphatic rings. The van der Waals surface area contributed by atoms with Crippen LogP contribution in [0.1, 0.15) is 45.2 Å². The molecule has 0 unspecified atom stereocenters. The molecule has 3 fully saturated rings. The first-order valence-electron chi connectivity index (χ1n) is 12.9. The summed E-state index contributed by atoms with van der Waals surface area (Å²) < 4.78 is 6.70. The van der Waals surface area contributed by atoms with Crippen LogP contribution < -0.4 is 28.0 Å². The number of rotatable bonds is 9. The number of piperidine rings is 3. The first-order chi connectivity index (χ1) is 18.3. The van der Waals surface area contributed by atoms with Gasteiger partial charge < -0.3 is 42.4 Å². The number of aromatic hydroxyl groups is 1. The van der Waals surface area contributed by atoms with Crippen LogP contribution in [0.4, 0.5) is 5.69 Å². The maximum atomic E-state index is 13.5. The summed E-state index contributed by atoms with van der Waals surface area (Å²) in [5.74, 6) is -1.24. The van der Waals surface area contributed by atoms with E-state index < -0.39 is 11.9 Å². The summed E-state index contributed by atoms with van der Waals surface area (Å²) >= 11 is 0. The molecule has 3 aromatic rings. The minimum atomic E-state index is -0.785. The number of amides is 1. The van der Waals surface area contributed by atoms with E-state index in [1.807, 2.05) is 60.7 Å². The van der Waals surface area contributed by atoms with Gasteiger partial charge in [0.25, 0.3) is 5.91 Å². The van der Waals surface area contributed by atoms with Crippen LogP contribution in [0.15, 0.2) is 78.9 Å². The number of nitrogens with two attached hydrogens (primary N) is 1. The second-order valence-electron chi connectivity index (χ2n) is 10.3. The Hall–Kier alpha value is -3.69. The fourth-order valence-corrected chi connectivity index (χ4v) is 5.72. The minimum Gasteiger partial charge on any atom is -1.00 e. The number of esters is 1. The van der Waals surface area contributed by atoms with E-state index in [0.717, 1.165) is 37.2 Å². The zero-order chi connectivity index (χ0) is 26.7. The number of halogens is 1. The minimum absolute atomic E-state index is 0. The Morgan fingerprint density at radius 1 is 0.974 bits per heavy atom. The van der Waals surface area contributed by atoms with Crippen molar-refractivity contribution in [3.8, 4) is 5.75 Å². The predicted molar refractivity (Wildman–Crippen MR) is 143 cm³/mol. The fraction of sp³-hybridized carbons (Fsp3) is 0.300. The number of hydrogen-bond donors (Lipinski definition) is 3. The van der Waals surface area contributed by atoms with Crippen LogP contribution in [0.25, 0.3) is 0 Å². The van der Waals surface area contributed by atoms with Gasteiger partial charge in [0.05, 0.1) is 18.7 Å². The van der Waals surface area contributed by atoms with Gasteiger partial charge in [0.2, 0.25) is 5.78 Å². The summed E-state index contributed by atoms with van der Waals surface area (Å²) in [5, 5.41) is 13.2. The van der Waals surface area contributed by atoms with Crippen molar-refractivity contribution in [2.24, 2.45) is 11.7 Å². The smallest absolute Gasteiger partial charge is 0.333 e. The SMILES string of the molecule is NC(=O)c1cc(C(=O)C[N+]23CCC(CC2)[C@@H](OC(=O)[C@H](Nc2ccccc2)c2ccccc2)C3)ccc1O.[Br-]. The van der Waals surface area contributed by atoms with Crippen LogP contribution in [-0.2, 0) is 9.53 Å². The van der Waals surface area contributed by atoms with Gasteiger partial charge in [-0.3, -0.25) is 9.59 Å². The lowest BCUT2D eigenvalue weighted by molar-refractivity contribution is -0.938. The molecule has 1 amide bonds. The van der Waals surface area contributed by atoms with E-state index >= 15 is 0 Å². The second kappa shape index (κ2) is 12.0. The maximum absolute atomic E-state index is 13.5. The molecule has 3 saturated heterocycles. The standard InChI is InChI=1S/C30H31N3O5.BrH/c31-29(36)24-17-22(11-12-25(24)34)26(35)18-33-15-13-20(14-16-33)27(19-33)38-30(37)28(21-7-3-1-4-8-21)32-23-9-5-2-6-10-23;/h1-12,17,20,27-28,32H,13-16,18-19H2,(H2-,31,34,35,36);1H/t20?,27-,28+,33?;/m0./s1. The third-order valence-electron chi connectivity index (χ3n) is 7.83. The number of primary amides is 1. The second-order valence-corrected chi connectivity index (χ2v) is 10.3. The van der Waals surface area contributed by atoms with Crippen LogP contribution >= 0.6 is 0 Å². The van der Waals surface area contributed by atoms with Gasteiger partial charge in [-0.1, -0.05) is 48.5 Å². The number of Topliss-reactive ketones (excluding diaryl/α,β-unsaturated/α-hetero) is 1. The average Bonchev–Trinajstić information content (AvgIpc) is 2.93. The molecular weight excluding hydrogens is 562 g/mol. The van der Waals surface area contributed by atoms with Crippen LogP contribution in [0.3, 0.4) is 0 Å². The molecule has 2 bridgehead atoms. The number of para-hydroxylation sites is 1. The number of benzene rings is 3. The Morgan fingerprint density at radius 3 is 2.26 bits per heavy atom. The molecule has 3 aliphatic heterocycles. The molecule has 9 heteroatoms. The van der Waals surface area contributed by atoms with Crippen molar-refractivity contribution < 1.29 is 45.7 Å². The van der Waals surface area contributed by atoms with Gasteiger partial charge in [-0.25, -0.2) is 4.79 Å². The van der Waals surface area contributed by atoms with Crippen molar-refractivity contribution in [3.63, 3.8) is 0 Å². The van der Waals surface area contributed by atoms with Crippen molar-refractivity contribution >= 4 is 23.3 Å². The van der Waals surface area contributed by atoms with E-state index in [-0.39, 0.29) is 58.6 Å². The highest BCUT2D eigenvalue weighted by molar-refractivity contribution is 6.02. The highest BCUT2D eigenvalue weighted by atomic mass is 79.9. The summed E-state index contributed by atoms with van der Waals surface area (Å²) in [6.45, 7) is 2.45. The number of ether oxygens (including phenoxy) is 1. The lowest BCUT2D eigenvalue weighted by Gasteiger charge is -2.51.